The molecule has 0 bridgehead atoms. The number of carbonyl (C=O) groups excluding carboxylic acids is 3. The van der Waals surface area contributed by atoms with Gasteiger partial charge in [-0.2, -0.15) is 5.26 Å². The minimum atomic E-state index is -0.536. The number of hydrogen-bond acceptors (Lipinski definition) is 8. The van der Waals surface area contributed by atoms with Crippen molar-refractivity contribution in [2.75, 3.05) is 36.5 Å². The van der Waals surface area contributed by atoms with Gasteiger partial charge in [-0.25, -0.2) is 9.59 Å². The molecule has 3 aromatic rings. The van der Waals surface area contributed by atoms with Crippen LogP contribution in [0.5, 0.6) is 0 Å². The summed E-state index contributed by atoms with van der Waals surface area (Å²) in [5.41, 5.74) is 7.73. The molecule has 2 fully saturated rings. The largest absolute Gasteiger partial charge is 0.386 e. The molecule has 1 amide bonds. The quantitative estimate of drug-likeness (QED) is 0.266. The molecule has 0 aromatic heterocycles. The third-order valence-corrected chi connectivity index (χ3v) is 10.7. The van der Waals surface area contributed by atoms with Crippen LogP contribution in [-0.4, -0.2) is 61.5 Å². The number of benzene rings is 3. The van der Waals surface area contributed by atoms with Crippen molar-refractivity contribution in [1.82, 2.24) is 10.2 Å². The molecule has 1 aliphatic carbocycles. The fourth-order valence-electron chi connectivity index (χ4n) is 7.82. The lowest BCUT2D eigenvalue weighted by Crippen LogP contribution is -2.43. The average molecular weight is 632 g/mol. The van der Waals surface area contributed by atoms with Crippen molar-refractivity contribution >= 4 is 29.2 Å². The summed E-state index contributed by atoms with van der Waals surface area (Å²) in [6.45, 7) is 6.52. The molecule has 1 saturated carbocycles. The van der Waals surface area contributed by atoms with E-state index in [2.05, 4.69) is 51.3 Å². The van der Waals surface area contributed by atoms with Crippen molar-refractivity contribution in [2.45, 2.75) is 70.6 Å². The Morgan fingerprint density at radius 2 is 1.55 bits per heavy atom. The van der Waals surface area contributed by atoms with Gasteiger partial charge in [0.15, 0.2) is 0 Å². The maximum atomic E-state index is 13.1. The normalized spacial score (nSPS) is 21.2. The number of anilines is 2. The van der Waals surface area contributed by atoms with Gasteiger partial charge in [0.05, 0.1) is 22.8 Å². The first kappa shape index (κ1) is 30.9. The maximum Gasteiger partial charge on any atom is 0.346 e. The van der Waals surface area contributed by atoms with E-state index in [-0.39, 0.29) is 11.9 Å². The summed E-state index contributed by atoms with van der Waals surface area (Å²) in [6.07, 6.45) is 6.11. The number of nitrogens with one attached hydrogen (secondary N) is 1. The summed E-state index contributed by atoms with van der Waals surface area (Å²) in [5, 5.41) is 12.5. The lowest BCUT2D eigenvalue weighted by atomic mass is 9.89. The van der Waals surface area contributed by atoms with E-state index in [1.54, 1.807) is 0 Å². The lowest BCUT2D eigenvalue weighted by Gasteiger charge is -2.36. The highest BCUT2D eigenvalue weighted by Crippen LogP contribution is 2.33. The first-order valence-corrected chi connectivity index (χ1v) is 16.8. The minimum Gasteiger partial charge on any atom is -0.386 e. The smallest absolute Gasteiger partial charge is 0.346 e. The Hall–Kier alpha value is -4.68. The summed E-state index contributed by atoms with van der Waals surface area (Å²) in [6, 6.07) is 20.6. The number of aryl methyl sites for hydroxylation is 1. The zero-order valence-corrected chi connectivity index (χ0v) is 27.1. The number of nitrogens with zero attached hydrogens (tertiary/aromatic N) is 4. The molecule has 0 unspecified atom stereocenters. The van der Waals surface area contributed by atoms with Crippen molar-refractivity contribution in [1.29, 1.82) is 5.26 Å². The van der Waals surface area contributed by atoms with Crippen LogP contribution in [0.1, 0.15) is 91.9 Å². The van der Waals surface area contributed by atoms with Crippen LogP contribution in [0.25, 0.3) is 0 Å². The zero-order chi connectivity index (χ0) is 32.7. The summed E-state index contributed by atoms with van der Waals surface area (Å²) < 4.78 is 4.76. The van der Waals surface area contributed by atoms with Crippen LogP contribution >= 0.6 is 0 Å². The standard InChI is InChI=1S/C38H41N5O4/c1-24-17-33(10-5-27(24)20-39)41(2)31-11-6-30(7-12-31)40-36(44)26-3-8-32(9-4-26)43-15-13-25(14-16-43)21-42-22-28-18-34-35(19-29(28)23-42)38(46)47-37(34)45/h3-5,8-10,17-19,25,30-31H,6-7,11-16,21-23H2,1-2H3,(H,40,44). The number of amides is 1. The molecule has 242 valence electrons. The molecule has 7 rings (SSSR count). The summed E-state index contributed by atoms with van der Waals surface area (Å²) >= 11 is 0. The summed E-state index contributed by atoms with van der Waals surface area (Å²) in [5.74, 6) is -0.489. The number of nitriles is 1. The fourth-order valence-corrected chi connectivity index (χ4v) is 7.82. The van der Waals surface area contributed by atoms with Gasteiger partial charge in [-0.1, -0.05) is 0 Å². The van der Waals surface area contributed by atoms with Crippen LogP contribution in [0, 0.1) is 24.2 Å². The zero-order valence-electron chi connectivity index (χ0n) is 27.1. The van der Waals surface area contributed by atoms with Crippen LogP contribution < -0.4 is 15.1 Å². The van der Waals surface area contributed by atoms with Crippen molar-refractivity contribution in [3.8, 4) is 6.07 Å². The monoisotopic (exact) mass is 631 g/mol. The Morgan fingerprint density at radius 1 is 0.915 bits per heavy atom. The van der Waals surface area contributed by atoms with Crippen LogP contribution in [0.2, 0.25) is 0 Å². The molecule has 9 nitrogen and oxygen atoms in total. The first-order chi connectivity index (χ1) is 22.7. The first-order valence-electron chi connectivity index (χ1n) is 16.8. The van der Waals surface area contributed by atoms with Gasteiger partial charge in [0, 0.05) is 68.8 Å². The van der Waals surface area contributed by atoms with Crippen LogP contribution in [0.15, 0.2) is 54.6 Å². The van der Waals surface area contributed by atoms with Gasteiger partial charge in [0.2, 0.25) is 0 Å². The molecular weight excluding hydrogens is 590 g/mol. The second-order valence-corrected chi connectivity index (χ2v) is 13.7. The number of piperidine rings is 1. The molecule has 1 saturated heterocycles. The number of carbonyl (C=O) groups is 3. The van der Waals surface area contributed by atoms with Gasteiger partial charge in [0.25, 0.3) is 5.91 Å². The number of fused-ring (bicyclic) bond motifs is 2. The number of cyclic esters (lactones) is 2. The number of hydrogen-bond donors (Lipinski definition) is 1. The van der Waals surface area contributed by atoms with E-state index in [4.69, 9.17) is 4.74 Å². The van der Waals surface area contributed by atoms with Gasteiger partial charge < -0.3 is 19.9 Å². The predicted molar refractivity (Wildman–Crippen MR) is 179 cm³/mol. The Bertz CT molecular complexity index is 1700. The summed E-state index contributed by atoms with van der Waals surface area (Å²) in [7, 11) is 2.12. The molecule has 3 aromatic carbocycles. The van der Waals surface area contributed by atoms with E-state index in [9.17, 15) is 19.6 Å². The van der Waals surface area contributed by atoms with E-state index >= 15 is 0 Å². The Labute approximate surface area is 276 Å². The lowest BCUT2D eigenvalue weighted by molar-refractivity contribution is 0.0443. The Morgan fingerprint density at radius 3 is 2.15 bits per heavy atom. The average Bonchev–Trinajstić information content (AvgIpc) is 3.61. The second kappa shape index (κ2) is 12.8. The van der Waals surface area contributed by atoms with E-state index < -0.39 is 11.9 Å². The third kappa shape index (κ3) is 6.35. The second-order valence-electron chi connectivity index (χ2n) is 13.7. The topological polar surface area (TPSA) is 106 Å². The minimum absolute atomic E-state index is 0.00660. The Balaban J connectivity index is 0.853. The molecule has 3 heterocycles. The maximum absolute atomic E-state index is 13.1. The van der Waals surface area contributed by atoms with Crippen LogP contribution in [0.3, 0.4) is 0 Å². The van der Waals surface area contributed by atoms with Crippen LogP contribution in [-0.2, 0) is 17.8 Å². The van der Waals surface area contributed by atoms with Gasteiger partial charge >= 0.3 is 11.9 Å². The fraction of sp³-hybridized carbons (Fsp3) is 0.421. The van der Waals surface area contributed by atoms with Crippen molar-refractivity contribution in [2.24, 2.45) is 5.92 Å². The molecule has 0 spiro atoms. The number of ether oxygens (including phenoxy) is 1. The third-order valence-electron chi connectivity index (χ3n) is 10.7. The van der Waals surface area contributed by atoms with Gasteiger partial charge in [-0.3, -0.25) is 9.69 Å². The predicted octanol–water partition coefficient (Wildman–Crippen LogP) is 5.59. The molecule has 3 aliphatic heterocycles. The Kier molecular flexibility index (Phi) is 8.46. The highest BCUT2D eigenvalue weighted by molar-refractivity contribution is 6.15. The van der Waals surface area contributed by atoms with E-state index in [1.807, 2.05) is 43.3 Å². The van der Waals surface area contributed by atoms with Gasteiger partial charge in [0.1, 0.15) is 0 Å². The number of rotatable bonds is 7. The van der Waals surface area contributed by atoms with Crippen molar-refractivity contribution in [3.63, 3.8) is 0 Å². The molecule has 0 radical (unpaired) electrons. The molecule has 9 heteroatoms. The number of esters is 2. The van der Waals surface area contributed by atoms with Gasteiger partial charge in [-0.05, 0) is 123 Å². The molecule has 0 atom stereocenters. The highest BCUT2D eigenvalue weighted by Gasteiger charge is 2.34. The van der Waals surface area contributed by atoms with E-state index in [1.165, 1.54) is 0 Å². The molecule has 1 N–H and O–H groups in total. The van der Waals surface area contributed by atoms with Gasteiger partial charge in [-0.15, -0.1) is 0 Å². The van der Waals surface area contributed by atoms with E-state index in [0.29, 0.717) is 34.2 Å². The molecule has 4 aliphatic rings. The highest BCUT2D eigenvalue weighted by atomic mass is 16.6. The summed E-state index contributed by atoms with van der Waals surface area (Å²) in [4.78, 5) is 44.2. The van der Waals surface area contributed by atoms with E-state index in [0.717, 1.165) is 99.3 Å². The van der Waals surface area contributed by atoms with Crippen molar-refractivity contribution in [3.05, 3.63) is 93.5 Å². The van der Waals surface area contributed by atoms with Crippen molar-refractivity contribution < 1.29 is 19.1 Å². The molecule has 47 heavy (non-hydrogen) atoms. The SMILES string of the molecule is Cc1cc(N(C)C2CCC(NC(=O)c3ccc(N4CCC(CN5Cc6cc7c(cc6C5)C(=O)OC7=O)CC4)cc3)CC2)ccc1C#N. The molecular formula is C38H41N5O4. The van der Waals surface area contributed by atoms with Crippen LogP contribution in [0.4, 0.5) is 11.4 Å².